The van der Waals surface area contributed by atoms with Gasteiger partial charge in [-0.15, -0.1) is 10.2 Å². The Hall–Kier alpha value is -7.90. The van der Waals surface area contributed by atoms with E-state index < -0.39 is 0 Å². The maximum absolute atomic E-state index is 12.9. The number of aromatic nitrogens is 14. The van der Waals surface area contributed by atoms with E-state index in [0.29, 0.717) is 58.0 Å². The van der Waals surface area contributed by atoms with E-state index >= 15 is 0 Å². The molecular formula is C44H44N16O4. The predicted molar refractivity (Wildman–Crippen MR) is 232 cm³/mol. The molecule has 20 nitrogen and oxygen atoms in total. The van der Waals surface area contributed by atoms with Crippen molar-refractivity contribution in [3.63, 3.8) is 0 Å². The third-order valence-corrected chi connectivity index (χ3v) is 10.6. The van der Waals surface area contributed by atoms with Gasteiger partial charge in [-0.25, -0.2) is 19.3 Å². The fraction of sp³-hybridized carbons (Fsp3) is 0.318. The number of rotatable bonds is 12. The van der Waals surface area contributed by atoms with Gasteiger partial charge in [-0.1, -0.05) is 22.4 Å². The molecule has 2 N–H and O–H groups in total. The molecule has 2 amide bonds. The van der Waals surface area contributed by atoms with Crippen molar-refractivity contribution in [1.29, 1.82) is 0 Å². The maximum Gasteiger partial charge on any atom is 0.275 e. The van der Waals surface area contributed by atoms with Crippen LogP contribution in [0.25, 0.3) is 45.6 Å². The van der Waals surface area contributed by atoms with E-state index in [4.69, 9.17) is 9.05 Å². The highest BCUT2D eigenvalue weighted by Crippen LogP contribution is 2.42. The number of tetrazole rings is 2. The summed E-state index contributed by atoms with van der Waals surface area (Å²) < 4.78 is 14.4. The van der Waals surface area contributed by atoms with Crippen LogP contribution in [0.4, 0.5) is 11.6 Å². The summed E-state index contributed by atoms with van der Waals surface area (Å²) in [5, 5.41) is 37.5. The second kappa shape index (κ2) is 17.5. The molecule has 20 heteroatoms. The van der Waals surface area contributed by atoms with Crippen molar-refractivity contribution in [3.8, 4) is 45.6 Å². The fourth-order valence-corrected chi connectivity index (χ4v) is 6.84. The molecule has 0 spiro atoms. The van der Waals surface area contributed by atoms with E-state index in [1.165, 1.54) is 0 Å². The Morgan fingerprint density at radius 3 is 1.70 bits per heavy atom. The first-order chi connectivity index (χ1) is 31.0. The zero-order valence-corrected chi connectivity index (χ0v) is 36.0. The van der Waals surface area contributed by atoms with Gasteiger partial charge in [0.1, 0.15) is 45.9 Å². The zero-order valence-electron chi connectivity index (χ0n) is 36.0. The summed E-state index contributed by atoms with van der Waals surface area (Å²) in [4.78, 5) is 43.4. The highest BCUT2D eigenvalue weighted by atomic mass is 16.5. The molecule has 0 bridgehead atoms. The average Bonchev–Trinajstić information content (AvgIpc) is 4.01. The summed E-state index contributed by atoms with van der Waals surface area (Å²) in [5.74, 6) is 3.58. The lowest BCUT2D eigenvalue weighted by Gasteiger charge is -2.09. The molecule has 64 heavy (non-hydrogen) atoms. The van der Waals surface area contributed by atoms with Crippen molar-refractivity contribution in [2.24, 2.45) is 0 Å². The number of aryl methyl sites for hydroxylation is 2. The molecule has 0 radical (unpaired) electrons. The van der Waals surface area contributed by atoms with E-state index in [1.807, 2.05) is 53.7 Å². The number of anilines is 2. The lowest BCUT2D eigenvalue weighted by Crippen LogP contribution is -2.15. The van der Waals surface area contributed by atoms with Gasteiger partial charge in [0, 0.05) is 47.5 Å². The van der Waals surface area contributed by atoms with Crippen LogP contribution in [0.3, 0.4) is 0 Å². The van der Waals surface area contributed by atoms with Gasteiger partial charge in [0.2, 0.25) is 11.6 Å². The summed E-state index contributed by atoms with van der Waals surface area (Å²) >= 11 is 0. The van der Waals surface area contributed by atoms with E-state index in [1.54, 1.807) is 70.3 Å². The molecule has 2 saturated carbocycles. The van der Waals surface area contributed by atoms with Crippen LogP contribution in [0, 0.1) is 13.8 Å². The highest BCUT2D eigenvalue weighted by molar-refractivity contribution is 6.03. The highest BCUT2D eigenvalue weighted by Gasteiger charge is 2.29. The van der Waals surface area contributed by atoms with Crippen molar-refractivity contribution in [2.75, 3.05) is 10.6 Å². The third kappa shape index (κ3) is 9.01. The molecule has 2 fully saturated rings. The Bertz CT molecular complexity index is 2780. The number of amides is 2. The van der Waals surface area contributed by atoms with Crippen LogP contribution in [0.15, 0.2) is 82.1 Å². The van der Waals surface area contributed by atoms with E-state index in [2.05, 4.69) is 71.9 Å². The van der Waals surface area contributed by atoms with Crippen LogP contribution in [0.1, 0.15) is 121 Å². The zero-order chi connectivity index (χ0) is 44.5. The summed E-state index contributed by atoms with van der Waals surface area (Å²) in [5.41, 5.74) is 6.76. The Labute approximate surface area is 366 Å². The quantitative estimate of drug-likeness (QED) is 0.120. The summed E-state index contributed by atoms with van der Waals surface area (Å²) in [6, 6.07) is 18.1. The van der Waals surface area contributed by atoms with E-state index in [0.717, 1.165) is 59.4 Å². The van der Waals surface area contributed by atoms with Crippen molar-refractivity contribution < 1.29 is 18.6 Å². The molecule has 0 aromatic carbocycles. The molecule has 8 heterocycles. The van der Waals surface area contributed by atoms with Crippen molar-refractivity contribution in [1.82, 2.24) is 70.7 Å². The Balaban J connectivity index is 0.000000162. The summed E-state index contributed by atoms with van der Waals surface area (Å²) in [6.07, 6.45) is 7.87. The minimum atomic E-state index is -0.374. The summed E-state index contributed by atoms with van der Waals surface area (Å²) in [7, 11) is 0. The molecule has 0 saturated heterocycles. The van der Waals surface area contributed by atoms with Crippen molar-refractivity contribution in [2.45, 2.75) is 91.1 Å². The Morgan fingerprint density at radius 2 is 1.17 bits per heavy atom. The first-order valence-corrected chi connectivity index (χ1v) is 21.0. The predicted octanol–water partition coefficient (Wildman–Crippen LogP) is 7.61. The monoisotopic (exact) mass is 860 g/mol. The van der Waals surface area contributed by atoms with Crippen LogP contribution in [-0.4, -0.2) is 82.5 Å². The number of carbonyl (C=O) groups excluding carboxylic acids is 2. The number of nitrogens with zero attached hydrogens (tertiary/aromatic N) is 14. The third-order valence-electron chi connectivity index (χ3n) is 10.6. The van der Waals surface area contributed by atoms with Gasteiger partial charge in [0.25, 0.3) is 11.8 Å². The smallest absolute Gasteiger partial charge is 0.275 e. The molecule has 0 aliphatic heterocycles. The van der Waals surface area contributed by atoms with Gasteiger partial charge in [-0.2, -0.15) is 0 Å². The largest absolute Gasteiger partial charge is 0.360 e. The molecule has 324 valence electrons. The van der Waals surface area contributed by atoms with Crippen LogP contribution in [0.2, 0.25) is 0 Å². The molecule has 2 aliphatic rings. The lowest BCUT2D eigenvalue weighted by atomic mass is 10.1. The van der Waals surface area contributed by atoms with Gasteiger partial charge in [-0.05, 0) is 136 Å². The number of carbonyl (C=O) groups is 2. The molecule has 2 aliphatic carbocycles. The number of pyridine rings is 4. The normalized spacial score (nSPS) is 13.5. The van der Waals surface area contributed by atoms with Crippen LogP contribution < -0.4 is 10.6 Å². The van der Waals surface area contributed by atoms with Gasteiger partial charge >= 0.3 is 0 Å². The molecule has 0 unspecified atom stereocenters. The van der Waals surface area contributed by atoms with Gasteiger partial charge in [0.15, 0.2) is 5.76 Å². The summed E-state index contributed by atoms with van der Waals surface area (Å²) in [6.45, 7) is 11.8. The van der Waals surface area contributed by atoms with Gasteiger partial charge in [0.05, 0.1) is 17.8 Å². The standard InChI is InChI=1S/2C22H22N8O2/c1-12(2)30-21(26-28-29-30)16-5-4-6-20(24-16)25-22(31)18-9-15(13(3)11-23-18)17-10-19(32-27-17)14-7-8-14;1-12(2)30-21(26-28-29-30)16-5-4-6-20(24-16)25-22(31)18-9-15(13(3)11-23-18)19-10-17(27-32-19)14-7-8-14/h2*4-6,9-12,14H,7-8H2,1-3H3,(H,24,25,31). The Morgan fingerprint density at radius 1 is 0.641 bits per heavy atom. The van der Waals surface area contributed by atoms with Crippen LogP contribution >= 0.6 is 0 Å². The molecule has 10 rings (SSSR count). The average molecular weight is 861 g/mol. The maximum atomic E-state index is 12.9. The molecule has 8 aromatic rings. The minimum Gasteiger partial charge on any atom is -0.360 e. The van der Waals surface area contributed by atoms with Crippen molar-refractivity contribution >= 4 is 23.5 Å². The fourth-order valence-electron chi connectivity index (χ4n) is 6.84. The molecule has 8 aromatic heterocycles. The first kappa shape index (κ1) is 41.5. The number of nitrogens with one attached hydrogen (secondary N) is 2. The number of hydrogen-bond donors (Lipinski definition) is 2. The van der Waals surface area contributed by atoms with Crippen LogP contribution in [-0.2, 0) is 0 Å². The SMILES string of the molecule is Cc1cnc(C(=O)Nc2cccc(-c3nnnn3C(C)C)n2)cc1-c1cc(C2CC2)no1.Cc1cnc(C(=O)Nc2cccc(-c3nnnn3C(C)C)n2)cc1-c1cc(C2CC2)on1. The number of hydrogen-bond acceptors (Lipinski definition) is 16. The van der Waals surface area contributed by atoms with E-state index in [9.17, 15) is 9.59 Å². The second-order valence-electron chi connectivity index (χ2n) is 16.4. The first-order valence-electron chi connectivity index (χ1n) is 21.0. The van der Waals surface area contributed by atoms with Crippen LogP contribution in [0.5, 0.6) is 0 Å². The van der Waals surface area contributed by atoms with Gasteiger partial charge < -0.3 is 19.7 Å². The minimum absolute atomic E-state index is 0.0757. The second-order valence-corrected chi connectivity index (χ2v) is 16.4. The van der Waals surface area contributed by atoms with E-state index in [-0.39, 0.29) is 35.3 Å². The Kier molecular flexibility index (Phi) is 11.3. The topological polar surface area (TPSA) is 249 Å². The van der Waals surface area contributed by atoms with Crippen molar-refractivity contribution in [3.05, 3.63) is 107 Å². The lowest BCUT2D eigenvalue weighted by molar-refractivity contribution is 0.101. The molecular weight excluding hydrogens is 817 g/mol. The molecule has 0 atom stereocenters. The van der Waals surface area contributed by atoms with Gasteiger partial charge in [-0.3, -0.25) is 19.6 Å².